The minimum atomic E-state index is -1.01. The number of carbonyl (C=O) groups is 1. The second-order valence-corrected chi connectivity index (χ2v) is 5.70. The topological polar surface area (TPSA) is 70.9 Å². The van der Waals surface area contributed by atoms with Crippen molar-refractivity contribution in [2.24, 2.45) is 4.99 Å². The molecular weight excluding hydrogens is 312 g/mol. The number of hydrogen-bond donors (Lipinski definition) is 2. The summed E-state index contributed by atoms with van der Waals surface area (Å²) in [6.45, 7) is 1.72. The first-order valence-corrected chi connectivity index (χ1v) is 7.56. The van der Waals surface area contributed by atoms with E-state index in [9.17, 15) is 9.90 Å². The van der Waals surface area contributed by atoms with Crippen LogP contribution in [0.4, 0.5) is 0 Å². The molecular formula is C14H15ClN2O3S. The van der Waals surface area contributed by atoms with Crippen LogP contribution in [-0.2, 0) is 9.53 Å². The molecule has 1 aliphatic rings. The van der Waals surface area contributed by atoms with Gasteiger partial charge in [-0.3, -0.25) is 0 Å². The molecule has 1 aromatic rings. The van der Waals surface area contributed by atoms with Crippen LogP contribution in [0.3, 0.4) is 0 Å². The van der Waals surface area contributed by atoms with Crippen molar-refractivity contribution < 1.29 is 14.6 Å². The van der Waals surface area contributed by atoms with Gasteiger partial charge < -0.3 is 15.2 Å². The summed E-state index contributed by atoms with van der Waals surface area (Å²) in [5.41, 5.74) is 1.43. The normalized spacial score (nSPS) is 18.2. The zero-order valence-electron chi connectivity index (χ0n) is 11.6. The smallest absolute Gasteiger partial charge is 0.335 e. The number of hydrogen-bond acceptors (Lipinski definition) is 5. The van der Waals surface area contributed by atoms with Crippen molar-refractivity contribution in [1.82, 2.24) is 5.32 Å². The lowest BCUT2D eigenvalue weighted by atomic mass is 9.97. The van der Waals surface area contributed by atoms with Gasteiger partial charge in [0.15, 0.2) is 5.17 Å². The molecule has 112 valence electrons. The van der Waals surface area contributed by atoms with Gasteiger partial charge in [-0.1, -0.05) is 41.6 Å². The zero-order valence-corrected chi connectivity index (χ0v) is 13.2. The third-order valence-electron chi connectivity index (χ3n) is 2.96. The number of aliphatic carboxylic acids is 1. The first kappa shape index (κ1) is 15.9. The van der Waals surface area contributed by atoms with Crippen LogP contribution in [0, 0.1) is 0 Å². The largest absolute Gasteiger partial charge is 0.478 e. The van der Waals surface area contributed by atoms with Gasteiger partial charge in [0, 0.05) is 23.4 Å². The van der Waals surface area contributed by atoms with Gasteiger partial charge in [0.25, 0.3) is 0 Å². The Morgan fingerprint density at radius 1 is 1.52 bits per heavy atom. The van der Waals surface area contributed by atoms with Crippen molar-refractivity contribution in [2.75, 3.05) is 13.0 Å². The molecule has 0 radical (unpaired) electrons. The molecule has 1 aromatic carbocycles. The van der Waals surface area contributed by atoms with Gasteiger partial charge in [-0.15, -0.1) is 0 Å². The molecule has 21 heavy (non-hydrogen) atoms. The van der Waals surface area contributed by atoms with Gasteiger partial charge in [-0.05, 0) is 13.0 Å². The van der Waals surface area contributed by atoms with Crippen LogP contribution < -0.4 is 5.32 Å². The van der Waals surface area contributed by atoms with Crippen molar-refractivity contribution in [3.05, 3.63) is 46.1 Å². The highest BCUT2D eigenvalue weighted by Crippen LogP contribution is 2.35. The molecule has 0 saturated heterocycles. The Bertz CT molecular complexity index is 616. The van der Waals surface area contributed by atoms with Crippen LogP contribution in [0.25, 0.3) is 0 Å². The number of nitrogens with one attached hydrogen (secondary N) is 1. The molecule has 1 heterocycles. The van der Waals surface area contributed by atoms with Gasteiger partial charge in [0.05, 0.1) is 11.5 Å². The molecule has 0 amide bonds. The highest BCUT2D eigenvalue weighted by atomic mass is 35.5. The van der Waals surface area contributed by atoms with Crippen LogP contribution in [0.5, 0.6) is 0 Å². The fourth-order valence-corrected chi connectivity index (χ4v) is 2.91. The number of halogens is 1. The Hall–Kier alpha value is -1.50. The number of amidine groups is 1. The number of benzene rings is 1. The summed E-state index contributed by atoms with van der Waals surface area (Å²) in [7, 11) is 1.59. The van der Waals surface area contributed by atoms with Crippen molar-refractivity contribution in [3.8, 4) is 0 Å². The van der Waals surface area contributed by atoms with E-state index in [1.807, 2.05) is 6.07 Å². The summed E-state index contributed by atoms with van der Waals surface area (Å²) < 4.78 is 5.00. The van der Waals surface area contributed by atoms with E-state index in [-0.39, 0.29) is 5.57 Å². The van der Waals surface area contributed by atoms with Crippen molar-refractivity contribution in [2.45, 2.75) is 13.0 Å². The highest BCUT2D eigenvalue weighted by Gasteiger charge is 2.30. The second-order valence-electron chi connectivity index (χ2n) is 4.38. The zero-order chi connectivity index (χ0) is 15.4. The molecule has 1 unspecified atom stereocenters. The maximum absolute atomic E-state index is 11.5. The summed E-state index contributed by atoms with van der Waals surface area (Å²) >= 11 is 7.56. The summed E-state index contributed by atoms with van der Waals surface area (Å²) in [6.07, 6.45) is 0. The van der Waals surface area contributed by atoms with E-state index in [1.54, 1.807) is 32.2 Å². The number of thioether (sulfide) groups is 1. The molecule has 1 atom stereocenters. The van der Waals surface area contributed by atoms with Crippen LogP contribution in [0.2, 0.25) is 5.02 Å². The van der Waals surface area contributed by atoms with Crippen molar-refractivity contribution in [3.63, 3.8) is 0 Å². The Morgan fingerprint density at radius 3 is 2.86 bits per heavy atom. The molecule has 7 heteroatoms. The highest BCUT2D eigenvalue weighted by molar-refractivity contribution is 8.13. The average molecular weight is 327 g/mol. The number of allylic oxidation sites excluding steroid dienone is 1. The maximum atomic E-state index is 11.5. The van der Waals surface area contributed by atoms with Gasteiger partial charge in [0.1, 0.15) is 6.04 Å². The molecule has 2 rings (SSSR count). The first-order valence-electron chi connectivity index (χ1n) is 6.19. The first-order chi connectivity index (χ1) is 10.0. The third kappa shape index (κ3) is 3.58. The van der Waals surface area contributed by atoms with E-state index in [2.05, 4.69) is 10.3 Å². The Balaban J connectivity index is 2.44. The minimum Gasteiger partial charge on any atom is -0.478 e. The van der Waals surface area contributed by atoms with E-state index in [0.29, 0.717) is 27.4 Å². The molecule has 0 bridgehead atoms. The number of aliphatic imine (C=N–C) groups is 1. The Kier molecular flexibility index (Phi) is 5.27. The van der Waals surface area contributed by atoms with Crippen molar-refractivity contribution in [1.29, 1.82) is 0 Å². The monoisotopic (exact) mass is 326 g/mol. The lowest BCUT2D eigenvalue weighted by Gasteiger charge is -2.25. The molecule has 1 aliphatic heterocycles. The fourth-order valence-electron chi connectivity index (χ4n) is 2.03. The molecule has 0 aromatic heterocycles. The average Bonchev–Trinajstić information content (AvgIpc) is 2.44. The number of rotatable bonds is 4. The molecule has 0 fully saturated rings. The number of methoxy groups -OCH3 is 1. The molecule has 5 nitrogen and oxygen atoms in total. The number of carboxylic acids is 1. The summed E-state index contributed by atoms with van der Waals surface area (Å²) in [5, 5.41) is 13.6. The van der Waals surface area contributed by atoms with Gasteiger partial charge in [-0.2, -0.15) is 0 Å². The predicted molar refractivity (Wildman–Crippen MR) is 84.6 cm³/mol. The fraction of sp³-hybridized carbons (Fsp3) is 0.286. The molecule has 0 spiro atoms. The SMILES string of the molecule is COCSC1=NC(c2ccccc2Cl)C(C(=O)O)=C(C)N1. The van der Waals surface area contributed by atoms with E-state index < -0.39 is 12.0 Å². The number of ether oxygens (including phenoxy) is 1. The van der Waals surface area contributed by atoms with Gasteiger partial charge >= 0.3 is 5.97 Å². The Morgan fingerprint density at radius 2 is 2.24 bits per heavy atom. The van der Waals surface area contributed by atoms with E-state index in [1.165, 1.54) is 11.8 Å². The van der Waals surface area contributed by atoms with E-state index in [0.717, 1.165) is 0 Å². The van der Waals surface area contributed by atoms with Crippen LogP contribution in [-0.4, -0.2) is 29.3 Å². The summed E-state index contributed by atoms with van der Waals surface area (Å²) in [4.78, 5) is 16.0. The van der Waals surface area contributed by atoms with Gasteiger partial charge in [-0.25, -0.2) is 9.79 Å². The third-order valence-corrected chi connectivity index (χ3v) is 4.14. The maximum Gasteiger partial charge on any atom is 0.335 e. The lowest BCUT2D eigenvalue weighted by Crippen LogP contribution is -2.30. The van der Waals surface area contributed by atoms with E-state index in [4.69, 9.17) is 16.3 Å². The van der Waals surface area contributed by atoms with E-state index >= 15 is 0 Å². The van der Waals surface area contributed by atoms with Crippen LogP contribution in [0.1, 0.15) is 18.5 Å². The van der Waals surface area contributed by atoms with Crippen LogP contribution >= 0.6 is 23.4 Å². The van der Waals surface area contributed by atoms with Crippen LogP contribution in [0.15, 0.2) is 40.5 Å². The van der Waals surface area contributed by atoms with Gasteiger partial charge in [0.2, 0.25) is 0 Å². The second kappa shape index (κ2) is 6.98. The quantitative estimate of drug-likeness (QED) is 0.832. The minimum absolute atomic E-state index is 0.199. The molecule has 2 N–H and O–H groups in total. The Labute approximate surface area is 132 Å². The summed E-state index contributed by atoms with van der Waals surface area (Å²) in [5.74, 6) is -0.582. The molecule has 0 saturated carbocycles. The lowest BCUT2D eigenvalue weighted by molar-refractivity contribution is -0.133. The van der Waals surface area contributed by atoms with Crippen molar-refractivity contribution >= 4 is 34.5 Å². The summed E-state index contributed by atoms with van der Waals surface area (Å²) in [6, 6.07) is 6.50. The predicted octanol–water partition coefficient (Wildman–Crippen LogP) is 3.04. The number of carboxylic acid groups (broad SMARTS) is 1. The standard InChI is InChI=1S/C14H15ClN2O3S/c1-8-11(13(18)19)12(9-5-3-4-6-10(9)15)17-14(16-8)21-7-20-2/h3-6,12H,7H2,1-2H3,(H,16,17)(H,18,19). The molecule has 0 aliphatic carbocycles. The number of nitrogens with zero attached hydrogens (tertiary/aromatic N) is 1.